The number of amides is 1. The average Bonchev–Trinajstić information content (AvgIpc) is 3.64. The number of benzene rings is 3. The van der Waals surface area contributed by atoms with E-state index in [1.54, 1.807) is 24.3 Å². The van der Waals surface area contributed by atoms with E-state index in [-0.39, 0.29) is 32.7 Å². The third-order valence-corrected chi connectivity index (χ3v) is 11.9. The Balaban J connectivity index is 1.33. The first-order chi connectivity index (χ1) is 22.0. The van der Waals surface area contributed by atoms with Crippen molar-refractivity contribution in [3.63, 3.8) is 0 Å². The normalized spacial score (nSPS) is 19.0. The summed E-state index contributed by atoms with van der Waals surface area (Å²) in [4.78, 5) is 37.5. The smallest absolute Gasteiger partial charge is 0.266 e. The number of para-hydroxylation sites is 1. The number of carbonyl (C=O) groups excluding carboxylic acids is 1. The number of fused-ring (bicyclic) bond motifs is 1. The van der Waals surface area contributed by atoms with Crippen LogP contribution >= 0.6 is 35.0 Å². The fraction of sp³-hybridized carbons (Fsp3) is 0.382. The second kappa shape index (κ2) is 13.2. The molecule has 1 aromatic heterocycles. The molecule has 12 heteroatoms. The van der Waals surface area contributed by atoms with Gasteiger partial charge in [-0.25, -0.2) is 13.4 Å². The third kappa shape index (κ3) is 6.68. The summed E-state index contributed by atoms with van der Waals surface area (Å²) in [6.45, 7) is 5.16. The summed E-state index contributed by atoms with van der Waals surface area (Å²) in [6.07, 6.45) is 5.37. The molecule has 0 N–H and O–H groups in total. The molecule has 2 fully saturated rings. The van der Waals surface area contributed by atoms with Gasteiger partial charge in [0.25, 0.3) is 5.56 Å². The summed E-state index contributed by atoms with van der Waals surface area (Å²) in [5.74, 6) is 0.0309. The number of hydrogen-bond acceptors (Lipinski definition) is 7. The molecule has 242 valence electrons. The van der Waals surface area contributed by atoms with Gasteiger partial charge in [0, 0.05) is 42.9 Å². The topological polar surface area (TPSA) is 92.6 Å². The molecule has 0 radical (unpaired) electrons. The van der Waals surface area contributed by atoms with Gasteiger partial charge in [-0.2, -0.15) is 0 Å². The molecule has 4 aromatic rings. The van der Waals surface area contributed by atoms with Gasteiger partial charge in [0.2, 0.25) is 5.91 Å². The van der Waals surface area contributed by atoms with Gasteiger partial charge in [-0.1, -0.05) is 72.9 Å². The summed E-state index contributed by atoms with van der Waals surface area (Å²) >= 11 is 14.1. The molecule has 6 rings (SSSR count). The molecule has 3 aromatic carbocycles. The van der Waals surface area contributed by atoms with Crippen LogP contribution in [0.3, 0.4) is 0 Å². The molecule has 2 aliphatic rings. The van der Waals surface area contributed by atoms with Crippen LogP contribution in [0.25, 0.3) is 16.6 Å². The van der Waals surface area contributed by atoms with Crippen molar-refractivity contribution in [1.29, 1.82) is 0 Å². The average molecular weight is 700 g/mol. The predicted octanol–water partition coefficient (Wildman–Crippen LogP) is 6.88. The lowest BCUT2D eigenvalue weighted by Crippen LogP contribution is -2.39. The van der Waals surface area contributed by atoms with E-state index >= 15 is 0 Å². The number of aromatic nitrogens is 2. The maximum Gasteiger partial charge on any atom is 0.266 e. The highest BCUT2D eigenvalue weighted by Gasteiger charge is 2.46. The molecular formula is C34H36Cl2N4O4S2. The number of anilines is 1. The first-order valence-electron chi connectivity index (χ1n) is 15.5. The Kier molecular flexibility index (Phi) is 9.45. The zero-order chi connectivity index (χ0) is 32.6. The molecule has 2 unspecified atom stereocenters. The quantitative estimate of drug-likeness (QED) is 0.139. The molecule has 2 atom stereocenters. The SMILES string of the molecule is CCCCC(Sc1nc2cc(S(C)(=O)=O)ccc2c(=O)n1-c1cccc(Cl)c1)C(=O)N1CCC2(CCN(c3ccccc3Cl)C2)C1. The fourth-order valence-corrected chi connectivity index (χ4v) is 8.87. The lowest BCUT2D eigenvalue weighted by atomic mass is 9.86. The van der Waals surface area contributed by atoms with E-state index in [2.05, 4.69) is 11.8 Å². The van der Waals surface area contributed by atoms with Crippen molar-refractivity contribution in [2.45, 2.75) is 54.3 Å². The van der Waals surface area contributed by atoms with E-state index in [9.17, 15) is 18.0 Å². The van der Waals surface area contributed by atoms with Crippen molar-refractivity contribution in [2.75, 3.05) is 37.3 Å². The van der Waals surface area contributed by atoms with Crippen molar-refractivity contribution in [3.05, 3.63) is 87.1 Å². The number of rotatable bonds is 9. The van der Waals surface area contributed by atoms with Crippen LogP contribution < -0.4 is 10.5 Å². The highest BCUT2D eigenvalue weighted by Crippen LogP contribution is 2.43. The van der Waals surface area contributed by atoms with E-state index in [0.29, 0.717) is 35.4 Å². The standard InChI is InChI=1S/C34H36Cl2N4O4S2/c1-3-4-12-30(32(42)39-18-16-34(22-39)15-17-38(21-34)29-11-6-5-10-27(29)36)45-33-37-28-20-25(46(2,43)44)13-14-26(28)31(41)40(33)24-9-7-8-23(35)19-24/h5-11,13-14,19-20,30H,3-4,12,15-18,21-22H2,1-2H3. The zero-order valence-electron chi connectivity index (χ0n) is 25.8. The van der Waals surface area contributed by atoms with E-state index in [0.717, 1.165) is 55.7 Å². The molecule has 46 heavy (non-hydrogen) atoms. The van der Waals surface area contributed by atoms with Gasteiger partial charge in [0.05, 0.1) is 37.4 Å². The number of thioether (sulfide) groups is 1. The monoisotopic (exact) mass is 698 g/mol. The largest absolute Gasteiger partial charge is 0.370 e. The highest BCUT2D eigenvalue weighted by molar-refractivity contribution is 8.00. The van der Waals surface area contributed by atoms with Crippen LogP contribution in [0.5, 0.6) is 0 Å². The second-order valence-corrected chi connectivity index (χ2v) is 16.4. The fourth-order valence-electron chi connectivity index (χ4n) is 6.56. The summed E-state index contributed by atoms with van der Waals surface area (Å²) in [6, 6.07) is 19.2. The lowest BCUT2D eigenvalue weighted by molar-refractivity contribution is -0.130. The van der Waals surface area contributed by atoms with Crippen LogP contribution in [0.1, 0.15) is 39.0 Å². The van der Waals surface area contributed by atoms with E-state index in [1.807, 2.05) is 29.2 Å². The summed E-state index contributed by atoms with van der Waals surface area (Å²) in [5, 5.41) is 1.30. The van der Waals surface area contributed by atoms with Crippen LogP contribution in [0.15, 0.2) is 81.6 Å². The van der Waals surface area contributed by atoms with Gasteiger partial charge in [0.1, 0.15) is 0 Å². The Morgan fingerprint density at radius 2 is 1.80 bits per heavy atom. The van der Waals surface area contributed by atoms with Crippen LogP contribution in [0, 0.1) is 5.41 Å². The number of likely N-dealkylation sites (tertiary alicyclic amines) is 1. The highest BCUT2D eigenvalue weighted by atomic mass is 35.5. The minimum absolute atomic E-state index is 0.000926. The van der Waals surface area contributed by atoms with Crippen molar-refractivity contribution in [2.24, 2.45) is 5.41 Å². The van der Waals surface area contributed by atoms with Gasteiger partial charge in [-0.15, -0.1) is 0 Å². The lowest BCUT2D eigenvalue weighted by Gasteiger charge is -2.28. The summed E-state index contributed by atoms with van der Waals surface area (Å²) in [5.41, 5.74) is 1.46. The Bertz CT molecular complexity index is 1970. The molecule has 1 amide bonds. The van der Waals surface area contributed by atoms with E-state index in [4.69, 9.17) is 28.2 Å². The number of hydrogen-bond donors (Lipinski definition) is 0. The molecular weight excluding hydrogens is 663 g/mol. The molecule has 0 aliphatic carbocycles. The molecule has 1 spiro atoms. The first-order valence-corrected chi connectivity index (χ1v) is 19.0. The predicted molar refractivity (Wildman–Crippen MR) is 187 cm³/mol. The van der Waals surface area contributed by atoms with Crippen LogP contribution in [0.2, 0.25) is 10.0 Å². The van der Waals surface area contributed by atoms with Crippen molar-refractivity contribution >= 4 is 67.3 Å². The van der Waals surface area contributed by atoms with E-state index < -0.39 is 15.1 Å². The molecule has 0 saturated carbocycles. The van der Waals surface area contributed by atoms with Gasteiger partial charge in [0.15, 0.2) is 15.0 Å². The first kappa shape index (κ1) is 32.9. The molecule has 2 saturated heterocycles. The number of sulfone groups is 1. The minimum Gasteiger partial charge on any atom is -0.370 e. The van der Waals surface area contributed by atoms with Crippen LogP contribution in [0.4, 0.5) is 5.69 Å². The van der Waals surface area contributed by atoms with Crippen molar-refractivity contribution in [1.82, 2.24) is 14.5 Å². The Morgan fingerprint density at radius 1 is 1.02 bits per heavy atom. The summed E-state index contributed by atoms with van der Waals surface area (Å²) < 4.78 is 26.2. The number of carbonyl (C=O) groups is 1. The number of halogens is 2. The van der Waals surface area contributed by atoms with Crippen LogP contribution in [-0.4, -0.2) is 66.5 Å². The third-order valence-electron chi connectivity index (χ3n) is 9.03. The number of nitrogens with zero attached hydrogens (tertiary/aromatic N) is 4. The van der Waals surface area contributed by atoms with Gasteiger partial charge in [-0.05, 0) is 67.8 Å². The van der Waals surface area contributed by atoms with Gasteiger partial charge >= 0.3 is 0 Å². The zero-order valence-corrected chi connectivity index (χ0v) is 28.9. The molecule has 3 heterocycles. The van der Waals surface area contributed by atoms with Gasteiger partial charge in [-0.3, -0.25) is 14.2 Å². The molecule has 0 bridgehead atoms. The Hall–Kier alpha value is -3.05. The van der Waals surface area contributed by atoms with Crippen LogP contribution in [-0.2, 0) is 14.6 Å². The summed E-state index contributed by atoms with van der Waals surface area (Å²) in [7, 11) is -3.53. The van der Waals surface area contributed by atoms with Gasteiger partial charge < -0.3 is 9.80 Å². The second-order valence-electron chi connectivity index (χ2n) is 12.3. The maximum absolute atomic E-state index is 14.3. The van der Waals surface area contributed by atoms with Crippen molar-refractivity contribution < 1.29 is 13.2 Å². The Labute approximate surface area is 283 Å². The maximum atomic E-state index is 14.3. The number of unbranched alkanes of at least 4 members (excludes halogenated alkanes) is 1. The molecule has 2 aliphatic heterocycles. The molecule has 8 nitrogen and oxygen atoms in total. The Morgan fingerprint density at radius 3 is 2.54 bits per heavy atom. The minimum atomic E-state index is -3.53. The van der Waals surface area contributed by atoms with Crippen molar-refractivity contribution in [3.8, 4) is 5.69 Å². The van der Waals surface area contributed by atoms with E-state index in [1.165, 1.54) is 34.5 Å².